The first-order valence-electron chi connectivity index (χ1n) is 9.14. The number of carbonyl (C=O) groups is 2. The largest absolute Gasteiger partial charge is 0.369 e. The van der Waals surface area contributed by atoms with Gasteiger partial charge in [0.1, 0.15) is 6.61 Å². The molecule has 1 saturated heterocycles. The first kappa shape index (κ1) is 18.9. The molecule has 26 heavy (non-hydrogen) atoms. The van der Waals surface area contributed by atoms with Gasteiger partial charge in [-0.2, -0.15) is 0 Å². The molecule has 0 unspecified atom stereocenters. The molecule has 2 amide bonds. The molecule has 0 radical (unpaired) electrons. The molecular formula is C20H26N2O3S. The predicted octanol–water partition coefficient (Wildman–Crippen LogP) is 3.22. The van der Waals surface area contributed by atoms with Gasteiger partial charge in [0.05, 0.1) is 11.0 Å². The molecule has 1 aliphatic heterocycles. The van der Waals surface area contributed by atoms with Gasteiger partial charge in [0.2, 0.25) is 5.91 Å². The van der Waals surface area contributed by atoms with Gasteiger partial charge < -0.3 is 15.0 Å². The summed E-state index contributed by atoms with van der Waals surface area (Å²) < 4.78 is 6.61. The van der Waals surface area contributed by atoms with Crippen molar-refractivity contribution in [3.63, 3.8) is 0 Å². The third-order valence-electron chi connectivity index (χ3n) is 4.81. The van der Waals surface area contributed by atoms with Crippen molar-refractivity contribution < 1.29 is 14.3 Å². The number of thiophene rings is 1. The normalized spacial score (nSPS) is 17.2. The molecule has 3 rings (SSSR count). The summed E-state index contributed by atoms with van der Waals surface area (Å²) in [6.07, 6.45) is 2.71. The summed E-state index contributed by atoms with van der Waals surface area (Å²) in [5, 5.41) is 3.86. The van der Waals surface area contributed by atoms with Crippen LogP contribution in [0.15, 0.2) is 24.3 Å². The Bertz CT molecular complexity index is 799. The van der Waals surface area contributed by atoms with Gasteiger partial charge in [-0.15, -0.1) is 11.3 Å². The first-order chi connectivity index (χ1) is 12.5. The van der Waals surface area contributed by atoms with Crippen LogP contribution >= 0.6 is 11.3 Å². The van der Waals surface area contributed by atoms with Crippen LogP contribution in [-0.2, 0) is 16.0 Å². The van der Waals surface area contributed by atoms with E-state index in [0.717, 1.165) is 39.9 Å². The monoisotopic (exact) mass is 374 g/mol. The molecule has 1 aromatic heterocycles. The molecular weight excluding hydrogens is 348 g/mol. The quantitative estimate of drug-likeness (QED) is 0.845. The smallest absolute Gasteiger partial charge is 0.261 e. The molecule has 6 heteroatoms. The Morgan fingerprint density at radius 3 is 2.85 bits per heavy atom. The molecule has 1 atom stereocenters. The van der Waals surface area contributed by atoms with Crippen LogP contribution in [0.4, 0.5) is 0 Å². The van der Waals surface area contributed by atoms with Crippen LogP contribution in [0.3, 0.4) is 0 Å². The summed E-state index contributed by atoms with van der Waals surface area (Å²) in [4.78, 5) is 27.6. The molecule has 0 saturated carbocycles. The second kappa shape index (κ2) is 8.18. The van der Waals surface area contributed by atoms with Gasteiger partial charge in [-0.3, -0.25) is 9.59 Å². The summed E-state index contributed by atoms with van der Waals surface area (Å²) in [7, 11) is 1.66. The Morgan fingerprint density at radius 1 is 1.35 bits per heavy atom. The number of nitrogens with zero attached hydrogens (tertiary/aromatic N) is 1. The maximum Gasteiger partial charge on any atom is 0.261 e. The van der Waals surface area contributed by atoms with Crippen LogP contribution in [0.1, 0.15) is 41.9 Å². The minimum atomic E-state index is -0.0554. The average molecular weight is 375 g/mol. The minimum absolute atomic E-state index is 0.0423. The molecule has 0 spiro atoms. The highest BCUT2D eigenvalue weighted by Gasteiger charge is 2.31. The van der Waals surface area contributed by atoms with E-state index >= 15 is 0 Å². The molecule has 1 aliphatic rings. The molecule has 0 bridgehead atoms. The van der Waals surface area contributed by atoms with Crippen LogP contribution in [0.2, 0.25) is 0 Å². The number of amides is 2. The molecule has 1 N–H and O–H groups in total. The molecule has 5 nitrogen and oxygen atoms in total. The average Bonchev–Trinajstić information content (AvgIpc) is 3.24. The SMILES string of the molecule is CNC(=O)c1sc2ccccc2c1C[C@H]1CCCN1C(=O)COC(C)C. The first-order valence-corrected chi connectivity index (χ1v) is 9.96. The lowest BCUT2D eigenvalue weighted by Gasteiger charge is -2.25. The van der Waals surface area contributed by atoms with Gasteiger partial charge in [-0.1, -0.05) is 18.2 Å². The van der Waals surface area contributed by atoms with Gasteiger partial charge in [-0.05, 0) is 50.1 Å². The number of likely N-dealkylation sites (tertiary alicyclic amines) is 1. The Hall–Kier alpha value is -1.92. The Labute approximate surface area is 158 Å². The molecule has 1 fully saturated rings. The summed E-state index contributed by atoms with van der Waals surface area (Å²) in [6, 6.07) is 8.23. The van der Waals surface area contributed by atoms with E-state index in [1.54, 1.807) is 7.05 Å². The number of ether oxygens (including phenoxy) is 1. The summed E-state index contributed by atoms with van der Waals surface area (Å²) in [6.45, 7) is 4.76. The van der Waals surface area contributed by atoms with Crippen molar-refractivity contribution >= 4 is 33.2 Å². The second-order valence-electron chi connectivity index (χ2n) is 6.93. The highest BCUT2D eigenvalue weighted by atomic mass is 32.1. The lowest BCUT2D eigenvalue weighted by Crippen LogP contribution is -2.39. The van der Waals surface area contributed by atoms with E-state index in [9.17, 15) is 9.59 Å². The second-order valence-corrected chi connectivity index (χ2v) is 7.98. The van der Waals surface area contributed by atoms with Crippen molar-refractivity contribution in [3.05, 3.63) is 34.7 Å². The zero-order valence-corrected chi connectivity index (χ0v) is 16.4. The zero-order chi connectivity index (χ0) is 18.7. The lowest BCUT2D eigenvalue weighted by atomic mass is 10.0. The van der Waals surface area contributed by atoms with Crippen LogP contribution in [0.25, 0.3) is 10.1 Å². The van der Waals surface area contributed by atoms with E-state index in [0.29, 0.717) is 6.42 Å². The maximum absolute atomic E-state index is 12.6. The molecule has 140 valence electrons. The predicted molar refractivity (Wildman–Crippen MR) is 105 cm³/mol. The van der Waals surface area contributed by atoms with Gasteiger partial charge >= 0.3 is 0 Å². The number of benzene rings is 1. The van der Waals surface area contributed by atoms with Gasteiger partial charge in [0.25, 0.3) is 5.91 Å². The summed E-state index contributed by atoms with van der Waals surface area (Å²) in [5.41, 5.74) is 1.06. The molecule has 1 aromatic carbocycles. The number of fused-ring (bicyclic) bond motifs is 1. The van der Waals surface area contributed by atoms with Crippen molar-refractivity contribution in [2.45, 2.75) is 45.3 Å². The van der Waals surface area contributed by atoms with Crippen molar-refractivity contribution in [1.29, 1.82) is 0 Å². The van der Waals surface area contributed by atoms with E-state index in [1.807, 2.05) is 36.9 Å². The van der Waals surface area contributed by atoms with E-state index in [1.165, 1.54) is 11.3 Å². The van der Waals surface area contributed by atoms with E-state index < -0.39 is 0 Å². The fourth-order valence-corrected chi connectivity index (χ4v) is 4.71. The third kappa shape index (κ3) is 3.91. The lowest BCUT2D eigenvalue weighted by molar-refractivity contribution is -0.138. The van der Waals surface area contributed by atoms with E-state index in [2.05, 4.69) is 11.4 Å². The van der Waals surface area contributed by atoms with Crippen LogP contribution < -0.4 is 5.32 Å². The van der Waals surface area contributed by atoms with E-state index in [-0.39, 0.29) is 30.6 Å². The van der Waals surface area contributed by atoms with Gasteiger partial charge in [0.15, 0.2) is 0 Å². The summed E-state index contributed by atoms with van der Waals surface area (Å²) >= 11 is 1.52. The Morgan fingerprint density at radius 2 is 2.12 bits per heavy atom. The number of nitrogens with one attached hydrogen (secondary N) is 1. The Kier molecular flexibility index (Phi) is 5.94. The van der Waals surface area contributed by atoms with Crippen LogP contribution in [-0.4, -0.2) is 49.1 Å². The van der Waals surface area contributed by atoms with Crippen molar-refractivity contribution in [1.82, 2.24) is 10.2 Å². The number of rotatable bonds is 6. The highest BCUT2D eigenvalue weighted by Crippen LogP contribution is 2.34. The Balaban J connectivity index is 1.85. The number of hydrogen-bond acceptors (Lipinski definition) is 4. The highest BCUT2D eigenvalue weighted by molar-refractivity contribution is 7.21. The zero-order valence-electron chi connectivity index (χ0n) is 15.6. The fraction of sp³-hybridized carbons (Fsp3) is 0.500. The topological polar surface area (TPSA) is 58.6 Å². The number of carbonyl (C=O) groups excluding carboxylic acids is 2. The van der Waals surface area contributed by atoms with E-state index in [4.69, 9.17) is 4.74 Å². The standard InChI is InChI=1S/C20H26N2O3S/c1-13(2)25-12-18(23)22-10-6-7-14(22)11-16-15-8-4-5-9-17(15)26-19(16)20(24)21-3/h4-5,8-9,13-14H,6-7,10-12H2,1-3H3,(H,21,24)/t14-/m1/s1. The maximum atomic E-state index is 12.6. The fourth-order valence-electron chi connectivity index (χ4n) is 3.53. The van der Waals surface area contributed by atoms with Crippen LogP contribution in [0, 0.1) is 0 Å². The third-order valence-corrected chi connectivity index (χ3v) is 6.02. The van der Waals surface area contributed by atoms with Crippen molar-refractivity contribution in [2.75, 3.05) is 20.2 Å². The van der Waals surface area contributed by atoms with Gasteiger partial charge in [-0.25, -0.2) is 0 Å². The minimum Gasteiger partial charge on any atom is -0.369 e. The van der Waals surface area contributed by atoms with Crippen LogP contribution in [0.5, 0.6) is 0 Å². The van der Waals surface area contributed by atoms with Gasteiger partial charge in [0, 0.05) is 24.3 Å². The number of hydrogen-bond donors (Lipinski definition) is 1. The van der Waals surface area contributed by atoms with Crippen molar-refractivity contribution in [3.8, 4) is 0 Å². The molecule has 2 heterocycles. The molecule has 0 aliphatic carbocycles. The summed E-state index contributed by atoms with van der Waals surface area (Å²) in [5.74, 6) is -0.0116. The molecule has 2 aromatic rings. The van der Waals surface area contributed by atoms with Crippen molar-refractivity contribution in [2.24, 2.45) is 0 Å².